The molecule has 0 aliphatic carbocycles. The summed E-state index contributed by atoms with van der Waals surface area (Å²) in [4.78, 5) is 29.2. The molecule has 134 valence electrons. The van der Waals surface area contributed by atoms with Crippen molar-refractivity contribution in [2.45, 2.75) is 78.9 Å². The van der Waals surface area contributed by atoms with Crippen molar-refractivity contribution >= 4 is 11.9 Å². The average molecular weight is 326 g/mol. The standard InChI is InChI=1S/C18H34N2O3/c1-7-9-16(17(21)20(13(3)4)14(5)6)19-11-10-15(12-19)18(22)23-8-2/h13-16H,7-12H2,1-6H3/t15?,16-/m0/s1. The molecule has 0 bridgehead atoms. The number of carbonyl (C=O) groups is 2. The van der Waals surface area contributed by atoms with E-state index in [0.29, 0.717) is 13.2 Å². The maximum Gasteiger partial charge on any atom is 0.310 e. The third-order valence-corrected chi connectivity index (χ3v) is 4.49. The topological polar surface area (TPSA) is 49.9 Å². The van der Waals surface area contributed by atoms with Gasteiger partial charge in [-0.3, -0.25) is 14.5 Å². The first kappa shape index (κ1) is 19.9. The minimum absolute atomic E-state index is 0.0892. The van der Waals surface area contributed by atoms with Gasteiger partial charge in [0.15, 0.2) is 0 Å². The molecule has 1 aliphatic heterocycles. The van der Waals surface area contributed by atoms with Gasteiger partial charge in [-0.2, -0.15) is 0 Å². The van der Waals surface area contributed by atoms with E-state index in [2.05, 4.69) is 39.5 Å². The van der Waals surface area contributed by atoms with Gasteiger partial charge in [0, 0.05) is 18.6 Å². The molecule has 1 saturated heterocycles. The van der Waals surface area contributed by atoms with Crippen molar-refractivity contribution in [3.05, 3.63) is 0 Å². The summed E-state index contributed by atoms with van der Waals surface area (Å²) in [6.07, 6.45) is 2.58. The fourth-order valence-corrected chi connectivity index (χ4v) is 3.54. The number of ether oxygens (including phenoxy) is 1. The molecule has 1 aliphatic rings. The lowest BCUT2D eigenvalue weighted by Gasteiger charge is -2.37. The number of hydrogen-bond acceptors (Lipinski definition) is 4. The van der Waals surface area contributed by atoms with E-state index in [9.17, 15) is 9.59 Å². The molecular formula is C18H34N2O3. The van der Waals surface area contributed by atoms with Gasteiger partial charge in [-0.05, 0) is 54.0 Å². The van der Waals surface area contributed by atoms with Crippen molar-refractivity contribution in [1.29, 1.82) is 0 Å². The van der Waals surface area contributed by atoms with E-state index >= 15 is 0 Å². The fraction of sp³-hybridized carbons (Fsp3) is 0.889. The Morgan fingerprint density at radius 3 is 2.26 bits per heavy atom. The Balaban J connectivity index is 2.82. The molecule has 0 spiro atoms. The molecule has 0 aromatic rings. The molecule has 0 aromatic carbocycles. The Kier molecular flexibility index (Phi) is 8.03. The predicted molar refractivity (Wildman–Crippen MR) is 92.1 cm³/mol. The largest absolute Gasteiger partial charge is 0.466 e. The highest BCUT2D eigenvalue weighted by Crippen LogP contribution is 2.24. The van der Waals surface area contributed by atoms with E-state index < -0.39 is 0 Å². The molecule has 1 amide bonds. The third-order valence-electron chi connectivity index (χ3n) is 4.49. The lowest BCUT2D eigenvalue weighted by molar-refractivity contribution is -0.148. The third kappa shape index (κ3) is 5.20. The first-order chi connectivity index (χ1) is 10.8. The number of rotatable bonds is 8. The van der Waals surface area contributed by atoms with E-state index in [1.165, 1.54) is 0 Å². The quantitative estimate of drug-likeness (QED) is 0.644. The first-order valence-corrected chi connectivity index (χ1v) is 9.06. The summed E-state index contributed by atoms with van der Waals surface area (Å²) in [6, 6.07) is 0.250. The molecule has 1 rings (SSSR count). The number of amides is 1. The van der Waals surface area contributed by atoms with Crippen molar-refractivity contribution in [3.63, 3.8) is 0 Å². The highest BCUT2D eigenvalue weighted by molar-refractivity contribution is 5.82. The van der Waals surface area contributed by atoms with Crippen LogP contribution in [0.2, 0.25) is 0 Å². The maximum absolute atomic E-state index is 13.1. The zero-order chi connectivity index (χ0) is 17.6. The van der Waals surface area contributed by atoms with E-state index in [1.807, 2.05) is 11.8 Å². The second-order valence-corrected chi connectivity index (χ2v) is 6.97. The number of carbonyl (C=O) groups excluding carboxylic acids is 2. The van der Waals surface area contributed by atoms with Crippen LogP contribution in [0, 0.1) is 5.92 Å². The molecule has 0 aromatic heterocycles. The van der Waals surface area contributed by atoms with Gasteiger partial charge in [-0.1, -0.05) is 13.3 Å². The second-order valence-electron chi connectivity index (χ2n) is 6.97. The minimum Gasteiger partial charge on any atom is -0.466 e. The van der Waals surface area contributed by atoms with Gasteiger partial charge in [0.1, 0.15) is 0 Å². The molecular weight excluding hydrogens is 292 g/mol. The molecule has 23 heavy (non-hydrogen) atoms. The van der Waals surface area contributed by atoms with Crippen LogP contribution in [0.25, 0.3) is 0 Å². The Labute approximate surface area is 141 Å². The van der Waals surface area contributed by atoms with Crippen molar-refractivity contribution in [2.75, 3.05) is 19.7 Å². The van der Waals surface area contributed by atoms with Crippen molar-refractivity contribution in [3.8, 4) is 0 Å². The van der Waals surface area contributed by atoms with E-state index in [-0.39, 0.29) is 35.9 Å². The molecule has 0 N–H and O–H groups in total. The van der Waals surface area contributed by atoms with Gasteiger partial charge in [0.25, 0.3) is 0 Å². The van der Waals surface area contributed by atoms with Crippen molar-refractivity contribution in [1.82, 2.24) is 9.80 Å². The van der Waals surface area contributed by atoms with E-state index in [4.69, 9.17) is 4.74 Å². The monoisotopic (exact) mass is 326 g/mol. The predicted octanol–water partition coefficient (Wildman–Crippen LogP) is 2.69. The molecule has 1 unspecified atom stereocenters. The zero-order valence-electron chi connectivity index (χ0n) is 15.7. The van der Waals surface area contributed by atoms with Crippen LogP contribution in [-0.2, 0) is 14.3 Å². The Morgan fingerprint density at radius 1 is 1.17 bits per heavy atom. The number of esters is 1. The lowest BCUT2D eigenvalue weighted by Crippen LogP contribution is -2.52. The van der Waals surface area contributed by atoms with Gasteiger partial charge in [-0.25, -0.2) is 0 Å². The molecule has 2 atom stereocenters. The van der Waals surface area contributed by atoms with Gasteiger partial charge in [0.05, 0.1) is 18.6 Å². The molecule has 0 radical (unpaired) electrons. The van der Waals surface area contributed by atoms with Gasteiger partial charge in [0.2, 0.25) is 5.91 Å². The van der Waals surface area contributed by atoms with Crippen LogP contribution in [0.4, 0.5) is 0 Å². The minimum atomic E-state index is -0.123. The fourth-order valence-electron chi connectivity index (χ4n) is 3.54. The van der Waals surface area contributed by atoms with Gasteiger partial charge in [-0.15, -0.1) is 0 Å². The highest BCUT2D eigenvalue weighted by atomic mass is 16.5. The van der Waals surface area contributed by atoms with Crippen LogP contribution in [-0.4, -0.2) is 59.5 Å². The average Bonchev–Trinajstić information content (AvgIpc) is 2.93. The second kappa shape index (κ2) is 9.26. The van der Waals surface area contributed by atoms with Crippen LogP contribution in [0.5, 0.6) is 0 Å². The van der Waals surface area contributed by atoms with Gasteiger partial charge < -0.3 is 9.64 Å². The summed E-state index contributed by atoms with van der Waals surface area (Å²) in [7, 11) is 0. The molecule has 5 nitrogen and oxygen atoms in total. The van der Waals surface area contributed by atoms with Crippen LogP contribution in [0.1, 0.15) is 60.8 Å². The Morgan fingerprint density at radius 2 is 1.78 bits per heavy atom. The molecule has 1 fully saturated rings. The zero-order valence-corrected chi connectivity index (χ0v) is 15.7. The normalized spacial score (nSPS) is 20.1. The number of likely N-dealkylation sites (tertiary alicyclic amines) is 1. The van der Waals surface area contributed by atoms with Gasteiger partial charge >= 0.3 is 5.97 Å². The Hall–Kier alpha value is -1.10. The summed E-state index contributed by atoms with van der Waals surface area (Å²) >= 11 is 0. The smallest absolute Gasteiger partial charge is 0.310 e. The molecule has 1 heterocycles. The van der Waals surface area contributed by atoms with Crippen molar-refractivity contribution in [2.24, 2.45) is 5.92 Å². The first-order valence-electron chi connectivity index (χ1n) is 9.06. The summed E-state index contributed by atoms with van der Waals surface area (Å²) in [5, 5.41) is 0. The summed E-state index contributed by atoms with van der Waals surface area (Å²) in [5.41, 5.74) is 0. The van der Waals surface area contributed by atoms with E-state index in [0.717, 1.165) is 25.8 Å². The SMILES string of the molecule is CCC[C@@H](C(=O)N(C(C)C)C(C)C)N1CCC(C(=O)OCC)C1. The van der Waals surface area contributed by atoms with Crippen LogP contribution in [0.15, 0.2) is 0 Å². The number of hydrogen-bond donors (Lipinski definition) is 0. The summed E-state index contributed by atoms with van der Waals surface area (Å²) < 4.78 is 5.14. The van der Waals surface area contributed by atoms with Crippen LogP contribution in [0.3, 0.4) is 0 Å². The summed E-state index contributed by atoms with van der Waals surface area (Å²) in [6.45, 7) is 14.0. The highest BCUT2D eigenvalue weighted by Gasteiger charge is 2.38. The van der Waals surface area contributed by atoms with Crippen LogP contribution >= 0.6 is 0 Å². The molecule has 0 saturated carbocycles. The summed E-state index contributed by atoms with van der Waals surface area (Å²) in [5.74, 6) is -0.0164. The molecule has 5 heteroatoms. The lowest BCUT2D eigenvalue weighted by atomic mass is 10.1. The number of nitrogens with zero attached hydrogens (tertiary/aromatic N) is 2. The van der Waals surface area contributed by atoms with Crippen molar-refractivity contribution < 1.29 is 14.3 Å². The maximum atomic E-state index is 13.1. The van der Waals surface area contributed by atoms with Crippen LogP contribution < -0.4 is 0 Å². The van der Waals surface area contributed by atoms with E-state index in [1.54, 1.807) is 0 Å². The Bertz CT molecular complexity index is 388.